The Kier molecular flexibility index (Phi) is 3.34. The summed E-state index contributed by atoms with van der Waals surface area (Å²) in [5.74, 6) is 0.891. The number of ether oxygens (including phenoxy) is 1. The van der Waals surface area contributed by atoms with E-state index in [4.69, 9.17) is 10.5 Å². The lowest BCUT2D eigenvalue weighted by molar-refractivity contribution is 0.409. The third kappa shape index (κ3) is 1.90. The molecule has 0 amide bonds. The standard InChI is InChI=1S/C9H12INO/c1-6-3-7(10)4-9(12-2)8(6)5-11/h3-4H,5,11H2,1-2H3. The number of hydrogen-bond acceptors (Lipinski definition) is 2. The van der Waals surface area contributed by atoms with Gasteiger partial charge >= 0.3 is 0 Å². The van der Waals surface area contributed by atoms with E-state index in [-0.39, 0.29) is 0 Å². The summed E-state index contributed by atoms with van der Waals surface area (Å²) in [6.07, 6.45) is 0. The summed E-state index contributed by atoms with van der Waals surface area (Å²) in [6.45, 7) is 2.58. The highest BCUT2D eigenvalue weighted by Crippen LogP contribution is 2.24. The van der Waals surface area contributed by atoms with Gasteiger partial charge in [0.2, 0.25) is 0 Å². The van der Waals surface area contributed by atoms with Gasteiger partial charge in [0.15, 0.2) is 0 Å². The van der Waals surface area contributed by atoms with E-state index in [1.54, 1.807) is 7.11 Å². The first-order valence-corrected chi connectivity index (χ1v) is 4.80. The summed E-state index contributed by atoms with van der Waals surface area (Å²) in [5, 5.41) is 0. The molecule has 0 radical (unpaired) electrons. The SMILES string of the molecule is COc1cc(I)cc(C)c1CN. The minimum absolute atomic E-state index is 0.534. The second kappa shape index (κ2) is 4.09. The van der Waals surface area contributed by atoms with E-state index in [9.17, 15) is 0 Å². The molecule has 0 saturated carbocycles. The molecular formula is C9H12INO. The molecule has 0 saturated heterocycles. The summed E-state index contributed by atoms with van der Waals surface area (Å²) in [4.78, 5) is 0. The van der Waals surface area contributed by atoms with Crippen molar-refractivity contribution in [3.63, 3.8) is 0 Å². The number of methoxy groups -OCH3 is 1. The highest BCUT2D eigenvalue weighted by molar-refractivity contribution is 14.1. The van der Waals surface area contributed by atoms with Gasteiger partial charge in [0.25, 0.3) is 0 Å². The first kappa shape index (κ1) is 9.80. The van der Waals surface area contributed by atoms with Crippen molar-refractivity contribution in [1.29, 1.82) is 0 Å². The van der Waals surface area contributed by atoms with Gasteiger partial charge in [-0.25, -0.2) is 0 Å². The Morgan fingerprint density at radius 2 is 2.17 bits per heavy atom. The Morgan fingerprint density at radius 1 is 1.50 bits per heavy atom. The van der Waals surface area contributed by atoms with Gasteiger partial charge in [0.05, 0.1) is 7.11 Å². The van der Waals surface area contributed by atoms with Crippen LogP contribution in [0.25, 0.3) is 0 Å². The lowest BCUT2D eigenvalue weighted by Crippen LogP contribution is -2.02. The zero-order valence-corrected chi connectivity index (χ0v) is 9.38. The summed E-state index contributed by atoms with van der Waals surface area (Å²) in [7, 11) is 1.67. The summed E-state index contributed by atoms with van der Waals surface area (Å²) in [5.41, 5.74) is 7.89. The summed E-state index contributed by atoms with van der Waals surface area (Å²) < 4.78 is 6.39. The predicted molar refractivity (Wildman–Crippen MR) is 58.3 cm³/mol. The highest BCUT2D eigenvalue weighted by Gasteiger charge is 2.05. The van der Waals surface area contributed by atoms with Crippen LogP contribution in [-0.4, -0.2) is 7.11 Å². The van der Waals surface area contributed by atoms with Crippen molar-refractivity contribution >= 4 is 22.6 Å². The van der Waals surface area contributed by atoms with Crippen molar-refractivity contribution in [2.75, 3.05) is 7.11 Å². The fourth-order valence-electron chi connectivity index (χ4n) is 1.19. The molecule has 0 aliphatic heterocycles. The van der Waals surface area contributed by atoms with E-state index in [2.05, 4.69) is 28.7 Å². The van der Waals surface area contributed by atoms with Crippen molar-refractivity contribution in [3.05, 3.63) is 26.8 Å². The molecule has 1 aromatic carbocycles. The zero-order chi connectivity index (χ0) is 9.14. The van der Waals surface area contributed by atoms with E-state index in [1.807, 2.05) is 13.0 Å². The van der Waals surface area contributed by atoms with Crippen LogP contribution >= 0.6 is 22.6 Å². The monoisotopic (exact) mass is 277 g/mol. The van der Waals surface area contributed by atoms with Crippen LogP contribution < -0.4 is 10.5 Å². The topological polar surface area (TPSA) is 35.2 Å². The lowest BCUT2D eigenvalue weighted by Gasteiger charge is -2.09. The lowest BCUT2D eigenvalue weighted by atomic mass is 10.1. The average molecular weight is 277 g/mol. The number of hydrogen-bond donors (Lipinski definition) is 1. The van der Waals surface area contributed by atoms with Crippen molar-refractivity contribution in [3.8, 4) is 5.75 Å². The van der Waals surface area contributed by atoms with Gasteiger partial charge in [0, 0.05) is 15.7 Å². The molecule has 0 bridgehead atoms. The largest absolute Gasteiger partial charge is 0.496 e. The fraction of sp³-hybridized carbons (Fsp3) is 0.333. The maximum absolute atomic E-state index is 5.59. The molecule has 1 aromatic rings. The van der Waals surface area contributed by atoms with Crippen LogP contribution in [-0.2, 0) is 6.54 Å². The second-order valence-corrected chi connectivity index (χ2v) is 3.85. The smallest absolute Gasteiger partial charge is 0.124 e. The zero-order valence-electron chi connectivity index (χ0n) is 7.23. The molecule has 12 heavy (non-hydrogen) atoms. The van der Waals surface area contributed by atoms with Gasteiger partial charge < -0.3 is 10.5 Å². The van der Waals surface area contributed by atoms with Crippen LogP contribution in [0.5, 0.6) is 5.75 Å². The third-order valence-electron chi connectivity index (χ3n) is 1.82. The summed E-state index contributed by atoms with van der Waals surface area (Å²) in [6, 6.07) is 4.10. The minimum atomic E-state index is 0.534. The Bertz CT molecular complexity index is 286. The van der Waals surface area contributed by atoms with Gasteiger partial charge in [-0.3, -0.25) is 0 Å². The molecule has 0 heterocycles. The van der Waals surface area contributed by atoms with Crippen molar-refractivity contribution in [1.82, 2.24) is 0 Å². The molecule has 0 unspecified atom stereocenters. The maximum atomic E-state index is 5.59. The number of rotatable bonds is 2. The normalized spacial score (nSPS) is 10.0. The first-order valence-electron chi connectivity index (χ1n) is 3.72. The van der Waals surface area contributed by atoms with Crippen molar-refractivity contribution in [2.24, 2.45) is 5.73 Å². The van der Waals surface area contributed by atoms with Gasteiger partial charge in [-0.2, -0.15) is 0 Å². The molecule has 3 heteroatoms. The quantitative estimate of drug-likeness (QED) is 0.840. The molecule has 0 atom stereocenters. The van der Waals surface area contributed by atoms with Crippen LogP contribution in [0.4, 0.5) is 0 Å². The third-order valence-corrected chi connectivity index (χ3v) is 2.44. The minimum Gasteiger partial charge on any atom is -0.496 e. The highest BCUT2D eigenvalue weighted by atomic mass is 127. The van der Waals surface area contributed by atoms with E-state index in [0.717, 1.165) is 11.3 Å². The van der Waals surface area contributed by atoms with E-state index in [1.165, 1.54) is 9.13 Å². The molecule has 1 rings (SSSR count). The number of nitrogens with two attached hydrogens (primary N) is 1. The van der Waals surface area contributed by atoms with E-state index < -0.39 is 0 Å². The average Bonchev–Trinajstić information content (AvgIpc) is 2.03. The predicted octanol–water partition coefficient (Wildman–Crippen LogP) is 2.07. The molecule has 0 aromatic heterocycles. The fourth-order valence-corrected chi connectivity index (χ4v) is 1.94. The Labute approximate surface area is 86.2 Å². The van der Waals surface area contributed by atoms with Gasteiger partial charge in [0.1, 0.15) is 5.75 Å². The molecular weight excluding hydrogens is 265 g/mol. The van der Waals surface area contributed by atoms with Crippen LogP contribution in [0.15, 0.2) is 12.1 Å². The molecule has 0 spiro atoms. The Morgan fingerprint density at radius 3 is 2.67 bits per heavy atom. The van der Waals surface area contributed by atoms with Crippen molar-refractivity contribution in [2.45, 2.75) is 13.5 Å². The molecule has 0 fully saturated rings. The maximum Gasteiger partial charge on any atom is 0.124 e. The van der Waals surface area contributed by atoms with Gasteiger partial charge in [-0.15, -0.1) is 0 Å². The number of aryl methyl sites for hydroxylation is 1. The van der Waals surface area contributed by atoms with Gasteiger partial charge in [-0.1, -0.05) is 0 Å². The summed E-state index contributed by atoms with van der Waals surface area (Å²) >= 11 is 2.27. The molecule has 0 aliphatic carbocycles. The molecule has 66 valence electrons. The Balaban J connectivity index is 3.24. The van der Waals surface area contributed by atoms with Crippen LogP contribution in [0.1, 0.15) is 11.1 Å². The van der Waals surface area contributed by atoms with Crippen LogP contribution in [0, 0.1) is 10.5 Å². The van der Waals surface area contributed by atoms with E-state index >= 15 is 0 Å². The van der Waals surface area contributed by atoms with Crippen molar-refractivity contribution < 1.29 is 4.74 Å². The second-order valence-electron chi connectivity index (χ2n) is 2.61. The van der Waals surface area contributed by atoms with Gasteiger partial charge in [-0.05, 0) is 47.2 Å². The molecule has 2 nitrogen and oxygen atoms in total. The Hall–Kier alpha value is -0.290. The van der Waals surface area contributed by atoms with Crippen LogP contribution in [0.3, 0.4) is 0 Å². The molecule has 0 aliphatic rings. The van der Waals surface area contributed by atoms with E-state index in [0.29, 0.717) is 6.54 Å². The van der Waals surface area contributed by atoms with Crippen LogP contribution in [0.2, 0.25) is 0 Å². The first-order chi connectivity index (χ1) is 5.69. The molecule has 2 N–H and O–H groups in total. The number of halogens is 1. The number of benzene rings is 1.